The zero-order valence-corrected chi connectivity index (χ0v) is 9.89. The molecule has 0 spiro atoms. The molecule has 0 radical (unpaired) electrons. The van der Waals surface area contributed by atoms with Crippen molar-refractivity contribution in [1.82, 2.24) is 4.57 Å². The third kappa shape index (κ3) is 1.68. The average Bonchev–Trinajstić information content (AvgIpc) is 2.79. The van der Waals surface area contributed by atoms with E-state index < -0.39 is 6.50 Å². The van der Waals surface area contributed by atoms with Gasteiger partial charge in [-0.15, -0.1) is 0 Å². The van der Waals surface area contributed by atoms with Gasteiger partial charge in [0.15, 0.2) is 0 Å². The number of fused-ring (bicyclic) bond motifs is 1. The molecule has 1 aromatic heterocycles. The van der Waals surface area contributed by atoms with E-state index in [1.807, 2.05) is 24.3 Å². The number of para-hydroxylation sites is 2. The highest BCUT2D eigenvalue weighted by atomic mass is 19.1. The summed E-state index contributed by atoms with van der Waals surface area (Å²) in [5, 5.41) is 0. The van der Waals surface area contributed by atoms with E-state index in [-0.39, 0.29) is 5.82 Å². The highest BCUT2D eigenvalue weighted by molar-refractivity contribution is 5.73. The van der Waals surface area contributed by atoms with Crippen molar-refractivity contribution in [1.29, 1.82) is 0 Å². The molecule has 0 aliphatic carbocycles. The van der Waals surface area contributed by atoms with E-state index in [0.717, 1.165) is 16.7 Å². The molecule has 0 aliphatic heterocycles. The smallest absolute Gasteiger partial charge is 0.244 e. The summed E-state index contributed by atoms with van der Waals surface area (Å²) in [5.74, 6) is -0.302. The van der Waals surface area contributed by atoms with Crippen LogP contribution >= 0.6 is 0 Å². The van der Waals surface area contributed by atoms with Crippen molar-refractivity contribution in [3.8, 4) is 5.69 Å². The van der Waals surface area contributed by atoms with Crippen LogP contribution in [0.2, 0.25) is 0 Å². The second-order valence-electron chi connectivity index (χ2n) is 3.96. The topological polar surface area (TPSA) is 8.81 Å². The lowest BCUT2D eigenvalue weighted by atomic mass is 10.2. The fourth-order valence-electron chi connectivity index (χ4n) is 2.01. The standard InChI is InChI=1S/C15H13FN2/c1-2-17-11-18(13-9-7-12(16)8-10-13)15-6-4-3-5-14(15)17/h3-10H,2H2,1H3/i2D2. The largest absolute Gasteiger partial charge is 0.319 e. The minimum atomic E-state index is -1.56. The Bertz CT molecular complexity index is 758. The van der Waals surface area contributed by atoms with Crippen molar-refractivity contribution in [2.75, 3.05) is 0 Å². The molecule has 0 bridgehead atoms. The van der Waals surface area contributed by atoms with Crippen LogP contribution < -0.4 is 4.57 Å². The Morgan fingerprint density at radius 3 is 2.67 bits per heavy atom. The number of hydrogen-bond donors (Lipinski definition) is 0. The Hall–Kier alpha value is -2.16. The van der Waals surface area contributed by atoms with Gasteiger partial charge in [-0.2, -0.15) is 0 Å². The number of imidazole rings is 1. The Kier molecular flexibility index (Phi) is 2.10. The molecule has 0 aliphatic rings. The van der Waals surface area contributed by atoms with Gasteiger partial charge in [-0.3, -0.25) is 0 Å². The zero-order valence-electron chi connectivity index (χ0n) is 11.9. The minimum Gasteiger partial charge on any atom is -0.319 e. The second-order valence-corrected chi connectivity index (χ2v) is 3.96. The van der Waals surface area contributed by atoms with E-state index in [2.05, 4.69) is 6.33 Å². The van der Waals surface area contributed by atoms with Gasteiger partial charge in [0.05, 0.1) is 26.0 Å². The maximum Gasteiger partial charge on any atom is 0.244 e. The first-order valence-electron chi connectivity index (χ1n) is 6.68. The minimum absolute atomic E-state index is 0.302. The highest BCUT2D eigenvalue weighted by Crippen LogP contribution is 2.16. The van der Waals surface area contributed by atoms with Crippen LogP contribution in [0.5, 0.6) is 0 Å². The molecule has 2 aromatic carbocycles. The van der Waals surface area contributed by atoms with Gasteiger partial charge in [-0.1, -0.05) is 36.4 Å². The summed E-state index contributed by atoms with van der Waals surface area (Å²) in [6.07, 6.45) is 3.00. The maximum atomic E-state index is 13.0. The number of nitrogens with zero attached hydrogens (tertiary/aromatic N) is 2. The van der Waals surface area contributed by atoms with Gasteiger partial charge in [0.2, 0.25) is 6.33 Å². The monoisotopic (exact) mass is 242 g/mol. The second kappa shape index (κ2) is 4.26. The van der Waals surface area contributed by atoms with Crippen LogP contribution in [0, 0.1) is 12.1 Å². The molecular weight excluding hydrogens is 227 g/mol. The van der Waals surface area contributed by atoms with Gasteiger partial charge >= 0.3 is 0 Å². The Balaban J connectivity index is 2.29. The van der Waals surface area contributed by atoms with Crippen molar-refractivity contribution >= 4 is 11.0 Å². The predicted octanol–water partition coefficient (Wildman–Crippen LogP) is 2.88. The number of rotatable bonds is 2. The molecule has 3 heteroatoms. The molecule has 0 atom stereocenters. The maximum absolute atomic E-state index is 13.0. The molecule has 1 heterocycles. The van der Waals surface area contributed by atoms with Crippen LogP contribution in [0.1, 0.15) is 9.67 Å². The van der Waals surface area contributed by atoms with Crippen LogP contribution in [0.3, 0.4) is 0 Å². The van der Waals surface area contributed by atoms with Gasteiger partial charge in [0.25, 0.3) is 0 Å². The molecule has 18 heavy (non-hydrogen) atoms. The summed E-state index contributed by atoms with van der Waals surface area (Å²) < 4.78 is 32.0. The molecule has 3 aromatic rings. The van der Waals surface area contributed by atoms with E-state index in [1.165, 1.54) is 23.6 Å². The molecule has 2 nitrogen and oxygen atoms in total. The molecule has 0 saturated carbocycles. The number of aromatic nitrogens is 2. The summed E-state index contributed by atoms with van der Waals surface area (Å²) in [5.41, 5.74) is 2.31. The third-order valence-electron chi connectivity index (χ3n) is 2.87. The number of benzene rings is 2. The number of aryl methyl sites for hydroxylation is 1. The molecule has 0 saturated heterocycles. The lowest BCUT2D eigenvalue weighted by Crippen LogP contribution is -2.30. The van der Waals surface area contributed by atoms with Crippen molar-refractivity contribution in [3.63, 3.8) is 0 Å². The van der Waals surface area contributed by atoms with E-state index in [4.69, 9.17) is 2.74 Å². The summed E-state index contributed by atoms with van der Waals surface area (Å²) in [7, 11) is 0. The van der Waals surface area contributed by atoms with Crippen LogP contribution in [0.4, 0.5) is 4.39 Å². The van der Waals surface area contributed by atoms with Gasteiger partial charge in [-0.25, -0.2) is 4.39 Å². The quantitative estimate of drug-likeness (QED) is 0.482. The lowest BCUT2D eigenvalue weighted by molar-refractivity contribution is -0.672. The van der Waals surface area contributed by atoms with E-state index in [9.17, 15) is 4.39 Å². The van der Waals surface area contributed by atoms with Gasteiger partial charge < -0.3 is 9.13 Å². The average molecular weight is 242 g/mol. The Labute approximate surface area is 108 Å². The summed E-state index contributed by atoms with van der Waals surface area (Å²) in [6, 6.07) is 13.5. The number of hydrogen-bond acceptors (Lipinski definition) is 0. The fourth-order valence-corrected chi connectivity index (χ4v) is 2.01. The molecule has 0 unspecified atom stereocenters. The number of halogens is 1. The summed E-state index contributed by atoms with van der Waals surface area (Å²) in [6.45, 7) is -0.0875. The van der Waals surface area contributed by atoms with E-state index >= 15 is 0 Å². The highest BCUT2D eigenvalue weighted by Gasteiger charge is 2.07. The molecule has 0 amide bonds. The first kappa shape index (κ1) is 8.86. The first-order chi connectivity index (χ1) is 9.47. The first-order valence-corrected chi connectivity index (χ1v) is 5.68. The molecular formula is C15H13FN2. The fraction of sp³-hybridized carbons (Fsp3) is 0.133. The van der Waals surface area contributed by atoms with Gasteiger partial charge in [0.1, 0.15) is 5.82 Å². The summed E-state index contributed by atoms with van der Waals surface area (Å²) in [4.78, 5) is 0. The van der Waals surface area contributed by atoms with Crippen molar-refractivity contribution in [3.05, 3.63) is 60.7 Å². The Morgan fingerprint density at radius 1 is 1.22 bits per heavy atom. The van der Waals surface area contributed by atoms with Gasteiger partial charge in [-0.05, 0) is 19.1 Å². The van der Waals surface area contributed by atoms with Crippen molar-refractivity contribution in [2.45, 2.75) is 13.4 Å². The van der Waals surface area contributed by atoms with Crippen LogP contribution in [-0.4, -0.2) is 4.57 Å². The van der Waals surface area contributed by atoms with E-state index in [0.29, 0.717) is 0 Å². The van der Waals surface area contributed by atoms with Crippen molar-refractivity contribution < 1.29 is 11.7 Å². The Morgan fingerprint density at radius 2 is 1.94 bits per heavy atom. The lowest BCUT2D eigenvalue weighted by Gasteiger charge is -2.03. The SMILES string of the molecule is [2H]C([2H])(C)[n+]1[c-]n(-c2ccc(F)cc2)c2ccccc21. The van der Waals surface area contributed by atoms with Crippen molar-refractivity contribution in [2.24, 2.45) is 0 Å². The van der Waals surface area contributed by atoms with Crippen LogP contribution in [0.15, 0.2) is 48.5 Å². The zero-order chi connectivity index (χ0) is 14.3. The normalized spacial score (nSPS) is 13.4. The van der Waals surface area contributed by atoms with Crippen LogP contribution in [-0.2, 0) is 6.50 Å². The molecule has 0 fully saturated rings. The van der Waals surface area contributed by atoms with Crippen LogP contribution in [0.25, 0.3) is 16.7 Å². The van der Waals surface area contributed by atoms with Gasteiger partial charge in [0, 0.05) is 0 Å². The summed E-state index contributed by atoms with van der Waals surface area (Å²) >= 11 is 0. The third-order valence-corrected chi connectivity index (χ3v) is 2.87. The van der Waals surface area contributed by atoms with E-state index in [1.54, 1.807) is 16.7 Å². The molecule has 90 valence electrons. The molecule has 0 N–H and O–H groups in total. The predicted molar refractivity (Wildman–Crippen MR) is 67.9 cm³/mol. The molecule has 3 rings (SSSR count).